The number of amides is 1. The maximum absolute atomic E-state index is 10.7. The molecule has 0 aliphatic carbocycles. The van der Waals surface area contributed by atoms with Crippen molar-refractivity contribution in [3.8, 4) is 5.75 Å². The highest BCUT2D eigenvalue weighted by Gasteiger charge is 2.18. The van der Waals surface area contributed by atoms with E-state index in [-0.39, 0.29) is 11.7 Å². The van der Waals surface area contributed by atoms with Crippen molar-refractivity contribution in [2.45, 2.75) is 5.92 Å². The van der Waals surface area contributed by atoms with Crippen LogP contribution in [0.5, 0.6) is 5.75 Å². The van der Waals surface area contributed by atoms with E-state index in [1.54, 1.807) is 24.3 Å². The number of hydrogen-bond donors (Lipinski definition) is 3. The highest BCUT2D eigenvalue weighted by molar-refractivity contribution is 7.85. The Morgan fingerprint density at radius 3 is 2.64 bits per heavy atom. The zero-order valence-corrected chi connectivity index (χ0v) is 15.0. The van der Waals surface area contributed by atoms with Gasteiger partial charge < -0.3 is 10.4 Å². The Morgan fingerprint density at radius 2 is 2.00 bits per heavy atom. The first kappa shape index (κ1) is 19.1. The van der Waals surface area contributed by atoms with Gasteiger partial charge in [-0.2, -0.15) is 0 Å². The Bertz CT molecular complexity index is 833. The maximum Gasteiger partial charge on any atom is 0.207 e. The van der Waals surface area contributed by atoms with Crippen molar-refractivity contribution < 1.29 is 14.7 Å². The van der Waals surface area contributed by atoms with E-state index in [0.29, 0.717) is 35.4 Å². The molecule has 1 amide bonds. The predicted molar refractivity (Wildman–Crippen MR) is 105 cm³/mol. The number of benzene rings is 2. The van der Waals surface area contributed by atoms with Gasteiger partial charge in [0.1, 0.15) is 5.75 Å². The topological polar surface area (TPSA) is 66.4 Å². The van der Waals surface area contributed by atoms with Crippen LogP contribution in [0, 0.1) is 0 Å². The highest BCUT2D eigenvalue weighted by atomic mass is 35.5. The van der Waals surface area contributed by atoms with Crippen molar-refractivity contribution >= 4 is 53.8 Å². The standard InChI is InChI=1S/C19H18ClNO3S/c20-9-14(10-21-12-23)19-13(4-3-5-15(25)11-22)8-18(24)16-6-1-2-7-17(16)19/h1-8,11-12,14,24-25H,9-10H2,(H,21,23)/b4-3+,15-5-. The van der Waals surface area contributed by atoms with Gasteiger partial charge in [-0.1, -0.05) is 36.4 Å². The molecule has 0 saturated heterocycles. The van der Waals surface area contributed by atoms with Gasteiger partial charge in [-0.15, -0.1) is 24.2 Å². The fourth-order valence-corrected chi connectivity index (χ4v) is 3.06. The third kappa shape index (κ3) is 4.65. The molecule has 1 atom stereocenters. The van der Waals surface area contributed by atoms with E-state index < -0.39 is 0 Å². The van der Waals surface area contributed by atoms with Crippen molar-refractivity contribution in [3.63, 3.8) is 0 Å². The van der Waals surface area contributed by atoms with Gasteiger partial charge in [-0.25, -0.2) is 0 Å². The van der Waals surface area contributed by atoms with Crippen LogP contribution in [0.15, 0.2) is 47.4 Å². The molecule has 0 saturated carbocycles. The number of carbonyl (C=O) groups excluding carboxylic acids is 2. The van der Waals surface area contributed by atoms with E-state index in [1.807, 2.05) is 24.3 Å². The Hall–Kier alpha value is -2.24. The molecule has 130 valence electrons. The van der Waals surface area contributed by atoms with Crippen molar-refractivity contribution in [3.05, 3.63) is 58.5 Å². The smallest absolute Gasteiger partial charge is 0.207 e. The Kier molecular flexibility index (Phi) is 7.10. The lowest BCUT2D eigenvalue weighted by molar-refractivity contribution is -0.109. The average molecular weight is 376 g/mol. The molecule has 0 aliphatic heterocycles. The fourth-order valence-electron chi connectivity index (χ4n) is 2.71. The van der Waals surface area contributed by atoms with Crippen LogP contribution in [-0.2, 0) is 9.59 Å². The first-order valence-electron chi connectivity index (χ1n) is 7.62. The van der Waals surface area contributed by atoms with E-state index in [2.05, 4.69) is 17.9 Å². The van der Waals surface area contributed by atoms with Gasteiger partial charge in [0.2, 0.25) is 6.41 Å². The van der Waals surface area contributed by atoms with Gasteiger partial charge in [-0.3, -0.25) is 9.59 Å². The van der Waals surface area contributed by atoms with Gasteiger partial charge in [0.05, 0.1) is 0 Å². The van der Waals surface area contributed by atoms with E-state index in [9.17, 15) is 14.7 Å². The SMILES string of the molecule is O=CNCC(CCl)c1c(/C=C/C=C(\S)C=O)cc(O)c2ccccc12. The number of aromatic hydroxyl groups is 1. The monoisotopic (exact) mass is 375 g/mol. The number of rotatable bonds is 8. The van der Waals surface area contributed by atoms with Gasteiger partial charge in [0, 0.05) is 28.6 Å². The van der Waals surface area contributed by atoms with Crippen LogP contribution in [-0.4, -0.2) is 30.2 Å². The molecule has 2 aromatic carbocycles. The summed E-state index contributed by atoms with van der Waals surface area (Å²) in [5.74, 6) is 0.321. The molecule has 0 aromatic heterocycles. The van der Waals surface area contributed by atoms with Crippen molar-refractivity contribution in [2.75, 3.05) is 12.4 Å². The number of phenols is 1. The largest absolute Gasteiger partial charge is 0.507 e. The van der Waals surface area contributed by atoms with Crippen LogP contribution in [0.4, 0.5) is 0 Å². The number of nitrogens with one attached hydrogen (secondary N) is 1. The van der Waals surface area contributed by atoms with Crippen molar-refractivity contribution in [2.24, 2.45) is 0 Å². The lowest BCUT2D eigenvalue weighted by Crippen LogP contribution is -2.22. The molecule has 0 heterocycles. The number of phenolic OH excluding ortho intramolecular Hbond substituents is 1. The van der Waals surface area contributed by atoms with Crippen LogP contribution in [0.3, 0.4) is 0 Å². The zero-order chi connectivity index (χ0) is 18.2. The zero-order valence-electron chi connectivity index (χ0n) is 13.4. The molecule has 1 unspecified atom stereocenters. The quantitative estimate of drug-likeness (QED) is 0.217. The average Bonchev–Trinajstić information content (AvgIpc) is 2.64. The van der Waals surface area contributed by atoms with Gasteiger partial charge in [-0.05, 0) is 28.7 Å². The van der Waals surface area contributed by atoms with E-state index in [1.165, 1.54) is 0 Å². The van der Waals surface area contributed by atoms with Crippen LogP contribution in [0.25, 0.3) is 16.8 Å². The van der Waals surface area contributed by atoms with E-state index >= 15 is 0 Å². The molecule has 2 N–H and O–H groups in total. The molecular formula is C19H18ClNO3S. The summed E-state index contributed by atoms with van der Waals surface area (Å²) >= 11 is 10.2. The van der Waals surface area contributed by atoms with Crippen LogP contribution in [0.1, 0.15) is 17.0 Å². The molecule has 25 heavy (non-hydrogen) atoms. The summed E-state index contributed by atoms with van der Waals surface area (Å²) in [6.45, 7) is 0.380. The minimum Gasteiger partial charge on any atom is -0.507 e. The summed E-state index contributed by atoms with van der Waals surface area (Å²) in [6.07, 6.45) is 6.30. The lowest BCUT2D eigenvalue weighted by Gasteiger charge is -2.20. The molecule has 0 radical (unpaired) electrons. The second-order valence-corrected chi connectivity index (χ2v) is 6.22. The Labute approximate surface area is 156 Å². The molecule has 2 rings (SSSR count). The number of hydrogen-bond acceptors (Lipinski definition) is 4. The van der Waals surface area contributed by atoms with Crippen LogP contribution in [0.2, 0.25) is 0 Å². The van der Waals surface area contributed by atoms with Gasteiger partial charge >= 0.3 is 0 Å². The number of halogens is 1. The Morgan fingerprint density at radius 1 is 1.28 bits per heavy atom. The number of alkyl halides is 1. The second kappa shape index (κ2) is 9.30. The molecule has 0 spiro atoms. The molecule has 4 nitrogen and oxygen atoms in total. The van der Waals surface area contributed by atoms with E-state index in [0.717, 1.165) is 16.5 Å². The van der Waals surface area contributed by atoms with Crippen molar-refractivity contribution in [1.29, 1.82) is 0 Å². The van der Waals surface area contributed by atoms with Gasteiger partial charge in [0.15, 0.2) is 6.29 Å². The first-order chi connectivity index (χ1) is 12.1. The van der Waals surface area contributed by atoms with E-state index in [4.69, 9.17) is 11.6 Å². The van der Waals surface area contributed by atoms with Gasteiger partial charge in [0.25, 0.3) is 0 Å². The number of thiol groups is 1. The van der Waals surface area contributed by atoms with Crippen molar-refractivity contribution in [1.82, 2.24) is 5.32 Å². The molecular weight excluding hydrogens is 358 g/mol. The molecule has 6 heteroatoms. The van der Waals surface area contributed by atoms with Crippen LogP contribution >= 0.6 is 24.2 Å². The normalized spacial score (nSPS) is 13.1. The summed E-state index contributed by atoms with van der Waals surface area (Å²) in [7, 11) is 0. The summed E-state index contributed by atoms with van der Waals surface area (Å²) in [5, 5.41) is 14.6. The molecule has 0 fully saturated rings. The predicted octanol–water partition coefficient (Wildman–Crippen LogP) is 3.64. The summed E-state index contributed by atoms with van der Waals surface area (Å²) in [6, 6.07) is 9.13. The number of fused-ring (bicyclic) bond motifs is 1. The Balaban J connectivity index is 2.64. The fraction of sp³-hybridized carbons (Fsp3) is 0.158. The minimum absolute atomic E-state index is 0.137. The maximum atomic E-state index is 10.7. The summed E-state index contributed by atoms with van der Waals surface area (Å²) in [5.41, 5.74) is 1.69. The third-order valence-corrected chi connectivity index (χ3v) is 4.43. The number of allylic oxidation sites excluding steroid dienone is 3. The molecule has 0 bridgehead atoms. The first-order valence-corrected chi connectivity index (χ1v) is 8.60. The summed E-state index contributed by atoms with van der Waals surface area (Å²) < 4.78 is 0. The molecule has 0 aliphatic rings. The molecule has 2 aromatic rings. The number of aldehydes is 1. The highest BCUT2D eigenvalue weighted by Crippen LogP contribution is 2.36. The third-order valence-electron chi connectivity index (χ3n) is 3.80. The summed E-state index contributed by atoms with van der Waals surface area (Å²) in [4.78, 5) is 21.6. The number of carbonyl (C=O) groups is 2. The van der Waals surface area contributed by atoms with Crippen LogP contribution < -0.4 is 5.32 Å². The second-order valence-electron chi connectivity index (χ2n) is 5.39. The minimum atomic E-state index is -0.137. The lowest BCUT2D eigenvalue weighted by atomic mass is 9.89.